The lowest BCUT2D eigenvalue weighted by atomic mass is 9.92. The number of carboxylic acids is 4. The van der Waals surface area contributed by atoms with E-state index in [9.17, 15) is 34.5 Å². The summed E-state index contributed by atoms with van der Waals surface area (Å²) in [5.41, 5.74) is 13.9. The molecule has 0 aliphatic carbocycles. The van der Waals surface area contributed by atoms with E-state index in [1.54, 1.807) is 60.7 Å². The highest BCUT2D eigenvalue weighted by Gasteiger charge is 2.50. The number of nitrogens with two attached hydrogens (primary N) is 2. The average molecular weight is 626 g/mol. The zero-order chi connectivity index (χ0) is 32.0. The molecule has 15 heteroatoms. The maximum absolute atomic E-state index is 12.5. The minimum atomic E-state index is -1.28. The quantitative estimate of drug-likeness (QED) is 0.147. The largest absolute Gasteiger partial charge is 0.480 e. The Kier molecular flexibility index (Phi) is 9.95. The van der Waals surface area contributed by atoms with Crippen LogP contribution in [0, 0.1) is 0 Å². The minimum absolute atomic E-state index is 0.0437. The molecule has 4 heterocycles. The van der Waals surface area contributed by atoms with Gasteiger partial charge in [0.05, 0.1) is 22.4 Å². The van der Waals surface area contributed by atoms with Gasteiger partial charge in [-0.15, -0.1) is 11.3 Å². The smallest absolute Gasteiger partial charge is 0.359 e. The molecule has 2 aliphatic heterocycles. The van der Waals surface area contributed by atoms with Gasteiger partial charge < -0.3 is 42.1 Å². The van der Waals surface area contributed by atoms with Gasteiger partial charge in [0.15, 0.2) is 24.8 Å². The highest BCUT2D eigenvalue weighted by Crippen LogP contribution is 2.46. The van der Waals surface area contributed by atoms with Crippen LogP contribution in [0.3, 0.4) is 0 Å². The Labute approximate surface area is 256 Å². The van der Waals surface area contributed by atoms with E-state index in [1.807, 2.05) is 0 Å². The third-order valence-corrected chi connectivity index (χ3v) is 8.32. The fourth-order valence-corrected chi connectivity index (χ4v) is 6.35. The number of nitrogens with one attached hydrogen (secondary N) is 1. The number of carbonyl (C=O) groups is 4. The molecule has 2 aliphatic rings. The van der Waals surface area contributed by atoms with Crippen molar-refractivity contribution in [3.05, 3.63) is 88.4 Å². The third-order valence-electron chi connectivity index (χ3n) is 7.23. The van der Waals surface area contributed by atoms with Crippen LogP contribution < -0.4 is 16.8 Å². The average Bonchev–Trinajstić information content (AvgIpc) is 3.44. The number of hydrogen-bond donors (Lipinski definition) is 7. The summed E-state index contributed by atoms with van der Waals surface area (Å²) in [6.07, 6.45) is 8.43. The van der Waals surface area contributed by atoms with E-state index in [0.29, 0.717) is 32.5 Å². The summed E-state index contributed by atoms with van der Waals surface area (Å²) in [6.45, 7) is -2.01. The molecule has 9 N–H and O–H groups in total. The summed E-state index contributed by atoms with van der Waals surface area (Å²) in [6, 6.07) is 7.00. The second-order valence-electron chi connectivity index (χ2n) is 10.2. The standard InChI is InChI=1S/C29H32N6O8S/c30-11-18-3-1-5-20(33-18)22-9-17(24-7-8-25(44-24)32-13-26(36)37)10-23(35(22,15-28(40)41)16-29(42)43)21-6-2-4-19(12-31)34(21)14-27(38)39/h1-10,19,22,32H,11-16,30-31H2,(H3-,36,37,38,39,40,41,42,43)/p+1. The van der Waals surface area contributed by atoms with Gasteiger partial charge >= 0.3 is 23.9 Å². The topological polar surface area (TPSA) is 229 Å². The number of quaternary nitrogens is 1. The van der Waals surface area contributed by atoms with Gasteiger partial charge in [-0.05, 0) is 42.0 Å². The van der Waals surface area contributed by atoms with E-state index in [-0.39, 0.29) is 25.3 Å². The van der Waals surface area contributed by atoms with Crippen LogP contribution in [-0.2, 0) is 25.7 Å². The number of rotatable bonds is 14. The predicted octanol–water partition coefficient (Wildman–Crippen LogP) is 1.27. The molecule has 0 saturated carbocycles. The van der Waals surface area contributed by atoms with Crippen LogP contribution in [0.1, 0.15) is 22.3 Å². The Morgan fingerprint density at radius 1 is 0.977 bits per heavy atom. The molecule has 0 aromatic carbocycles. The van der Waals surface area contributed by atoms with E-state index >= 15 is 0 Å². The van der Waals surface area contributed by atoms with E-state index < -0.39 is 60.1 Å². The zero-order valence-electron chi connectivity index (χ0n) is 23.5. The van der Waals surface area contributed by atoms with E-state index in [1.165, 1.54) is 16.2 Å². The number of anilines is 1. The summed E-state index contributed by atoms with van der Waals surface area (Å²) in [7, 11) is 0. The molecule has 2 atom stereocenters. The highest BCUT2D eigenvalue weighted by atomic mass is 32.1. The molecule has 0 bridgehead atoms. The second-order valence-corrected chi connectivity index (χ2v) is 11.2. The first-order valence-corrected chi connectivity index (χ1v) is 14.3. The lowest BCUT2D eigenvalue weighted by molar-refractivity contribution is -0.901. The summed E-state index contributed by atoms with van der Waals surface area (Å²) in [5, 5.41) is 42.7. The number of aliphatic carboxylic acids is 4. The van der Waals surface area contributed by atoms with Gasteiger partial charge in [0.1, 0.15) is 18.8 Å². The van der Waals surface area contributed by atoms with Crippen molar-refractivity contribution >= 4 is 45.8 Å². The van der Waals surface area contributed by atoms with Crippen molar-refractivity contribution in [2.45, 2.75) is 18.6 Å². The normalized spacial score (nSPS) is 19.0. The monoisotopic (exact) mass is 625 g/mol. The number of carboxylic acid groups (broad SMARTS) is 4. The number of thiophene rings is 1. The molecule has 0 fully saturated rings. The van der Waals surface area contributed by atoms with Gasteiger partial charge in [0.25, 0.3) is 0 Å². The lowest BCUT2D eigenvalue weighted by Crippen LogP contribution is -2.58. The van der Waals surface area contributed by atoms with Gasteiger partial charge in [0, 0.05) is 24.0 Å². The van der Waals surface area contributed by atoms with Crippen LogP contribution in [0.2, 0.25) is 0 Å². The molecule has 44 heavy (non-hydrogen) atoms. The van der Waals surface area contributed by atoms with Crippen molar-refractivity contribution in [1.82, 2.24) is 9.88 Å². The van der Waals surface area contributed by atoms with Crippen molar-refractivity contribution in [1.29, 1.82) is 0 Å². The number of hydrogen-bond acceptors (Lipinski definition) is 10. The highest BCUT2D eigenvalue weighted by molar-refractivity contribution is 7.17. The zero-order valence-corrected chi connectivity index (χ0v) is 24.3. The first kappa shape index (κ1) is 32.1. The van der Waals surface area contributed by atoms with Crippen molar-refractivity contribution in [3.63, 3.8) is 0 Å². The summed E-state index contributed by atoms with van der Waals surface area (Å²) in [4.78, 5) is 55.0. The molecule has 0 radical (unpaired) electrons. The van der Waals surface area contributed by atoms with E-state index in [0.717, 1.165) is 0 Å². The summed E-state index contributed by atoms with van der Waals surface area (Å²) < 4.78 is -0.655. The van der Waals surface area contributed by atoms with Crippen LogP contribution >= 0.6 is 11.3 Å². The maximum atomic E-state index is 12.5. The van der Waals surface area contributed by atoms with E-state index in [4.69, 9.17) is 16.6 Å². The Balaban J connectivity index is 2.02. The maximum Gasteiger partial charge on any atom is 0.359 e. The molecule has 14 nitrogen and oxygen atoms in total. The Morgan fingerprint density at radius 3 is 2.32 bits per heavy atom. The van der Waals surface area contributed by atoms with Gasteiger partial charge in [0.2, 0.25) is 0 Å². The van der Waals surface area contributed by atoms with Crippen LogP contribution in [0.5, 0.6) is 0 Å². The molecule has 232 valence electrons. The van der Waals surface area contributed by atoms with Crippen LogP contribution in [0.25, 0.3) is 5.57 Å². The second kappa shape index (κ2) is 13.6. The number of nitrogens with zero attached hydrogens (tertiary/aromatic N) is 3. The Bertz CT molecular complexity index is 1560. The first-order valence-electron chi connectivity index (χ1n) is 13.5. The minimum Gasteiger partial charge on any atom is -0.480 e. The molecule has 4 rings (SSSR count). The molecule has 0 saturated heterocycles. The van der Waals surface area contributed by atoms with Gasteiger partial charge in [-0.1, -0.05) is 18.2 Å². The molecular weight excluding hydrogens is 592 g/mol. The number of pyridine rings is 1. The third kappa shape index (κ3) is 7.03. The molecule has 2 aromatic rings. The van der Waals surface area contributed by atoms with E-state index in [2.05, 4.69) is 10.3 Å². The van der Waals surface area contributed by atoms with Crippen molar-refractivity contribution in [2.24, 2.45) is 11.5 Å². The Hall–Kier alpha value is -4.83. The fraction of sp³-hybridized carbons (Fsp3) is 0.276. The molecule has 2 aromatic heterocycles. The molecule has 2 unspecified atom stereocenters. The van der Waals surface area contributed by atoms with Crippen LogP contribution in [-0.4, -0.2) is 97.4 Å². The van der Waals surface area contributed by atoms with Gasteiger partial charge in [-0.2, -0.15) is 0 Å². The van der Waals surface area contributed by atoms with Gasteiger partial charge in [-0.25, -0.2) is 14.6 Å². The van der Waals surface area contributed by atoms with Crippen LogP contribution in [0.15, 0.2) is 72.1 Å². The number of aromatic nitrogens is 1. The van der Waals surface area contributed by atoms with Crippen LogP contribution in [0.4, 0.5) is 5.00 Å². The SMILES string of the molecule is NCc1cccc(C2C=C(c3ccc(NCC(=O)O)s3)C=C(C3=CC=CC(CN)N3CC(=O)O)[N+]2(CC(=O)O)CC(=O)O)n1. The van der Waals surface area contributed by atoms with Crippen molar-refractivity contribution < 1.29 is 44.1 Å². The van der Waals surface area contributed by atoms with Crippen molar-refractivity contribution in [2.75, 3.05) is 38.0 Å². The Morgan fingerprint density at radius 2 is 1.70 bits per heavy atom. The number of allylic oxidation sites excluding steroid dienone is 4. The first-order chi connectivity index (χ1) is 21.0. The van der Waals surface area contributed by atoms with Gasteiger partial charge in [-0.3, -0.25) is 14.1 Å². The summed E-state index contributed by atoms with van der Waals surface area (Å²) >= 11 is 1.25. The summed E-state index contributed by atoms with van der Waals surface area (Å²) in [5.74, 6) is -4.76. The molecular formula is C29H33N6O8S+. The molecule has 0 spiro atoms. The fourth-order valence-electron chi connectivity index (χ4n) is 5.45. The lowest BCUT2D eigenvalue weighted by Gasteiger charge is -2.47. The molecule has 0 amide bonds. The predicted molar refractivity (Wildman–Crippen MR) is 161 cm³/mol. The van der Waals surface area contributed by atoms with Crippen molar-refractivity contribution in [3.8, 4) is 0 Å².